The maximum absolute atomic E-state index is 12.8. The topological polar surface area (TPSA) is 167 Å². The molecule has 3 heterocycles. The molecular formula is C24H26ClN7O6S. The van der Waals surface area contributed by atoms with E-state index >= 15 is 0 Å². The van der Waals surface area contributed by atoms with Crippen LogP contribution in [-0.4, -0.2) is 57.2 Å². The van der Waals surface area contributed by atoms with E-state index in [1.54, 1.807) is 44.4 Å². The Hall–Kier alpha value is -3.62. The second-order valence-corrected chi connectivity index (χ2v) is 11.6. The zero-order chi connectivity index (χ0) is 27.9. The van der Waals surface area contributed by atoms with Gasteiger partial charge in [-0.1, -0.05) is 22.9 Å². The van der Waals surface area contributed by atoms with Gasteiger partial charge in [0.25, 0.3) is 10.1 Å². The van der Waals surface area contributed by atoms with E-state index < -0.39 is 27.9 Å². The predicted molar refractivity (Wildman–Crippen MR) is 140 cm³/mol. The Labute approximate surface area is 229 Å². The van der Waals surface area contributed by atoms with E-state index in [1.807, 2.05) is 0 Å². The lowest BCUT2D eigenvalue weighted by molar-refractivity contribution is -0.188. The summed E-state index contributed by atoms with van der Waals surface area (Å²) in [6.07, 6.45) is 4.36. The van der Waals surface area contributed by atoms with Gasteiger partial charge in [0.05, 0.1) is 29.4 Å². The molecule has 206 valence electrons. The molecule has 15 heteroatoms. The fourth-order valence-corrected chi connectivity index (χ4v) is 6.24. The molecule has 2 saturated carbocycles. The molecule has 13 nitrogen and oxygen atoms in total. The minimum absolute atomic E-state index is 0.121. The molecule has 2 aliphatic carbocycles. The summed E-state index contributed by atoms with van der Waals surface area (Å²) in [6, 6.07) is 6.70. The van der Waals surface area contributed by atoms with Crippen LogP contribution in [0.25, 0.3) is 11.4 Å². The molecule has 0 spiro atoms. The lowest BCUT2D eigenvalue weighted by Crippen LogP contribution is -2.65. The average Bonchev–Trinajstić information content (AvgIpc) is 3.22. The number of halogens is 1. The number of anilines is 2. The SMILES string of the molecule is C[C@@H](OC(=O)Nc1c(-c2ccc(NC(=O)C3CC4(OS(C)(=O)=O)CCC34)cn2)nnn1C)c1cccnc1Cl. The van der Waals surface area contributed by atoms with Crippen molar-refractivity contribution in [2.45, 2.75) is 37.9 Å². The van der Waals surface area contributed by atoms with Gasteiger partial charge in [-0.25, -0.2) is 14.5 Å². The van der Waals surface area contributed by atoms with E-state index in [0.717, 1.165) is 12.7 Å². The third-order valence-corrected chi connectivity index (χ3v) is 8.04. The Morgan fingerprint density at radius 2 is 2.03 bits per heavy atom. The highest BCUT2D eigenvalue weighted by molar-refractivity contribution is 7.86. The second-order valence-electron chi connectivity index (χ2n) is 9.70. The van der Waals surface area contributed by atoms with Crippen molar-refractivity contribution in [3.63, 3.8) is 0 Å². The summed E-state index contributed by atoms with van der Waals surface area (Å²) in [4.78, 5) is 33.7. The van der Waals surface area contributed by atoms with Gasteiger partial charge in [0.2, 0.25) is 5.91 Å². The molecule has 0 bridgehead atoms. The largest absolute Gasteiger partial charge is 0.441 e. The third kappa shape index (κ3) is 5.44. The first kappa shape index (κ1) is 27.0. The Balaban J connectivity index is 1.21. The normalized spacial score (nSPS) is 22.6. The van der Waals surface area contributed by atoms with Crippen LogP contribution >= 0.6 is 11.6 Å². The van der Waals surface area contributed by atoms with Gasteiger partial charge in [-0.2, -0.15) is 8.42 Å². The number of hydrogen-bond acceptors (Lipinski definition) is 10. The van der Waals surface area contributed by atoms with E-state index in [1.165, 1.54) is 10.9 Å². The van der Waals surface area contributed by atoms with Crippen molar-refractivity contribution in [2.75, 3.05) is 16.9 Å². The molecular weight excluding hydrogens is 550 g/mol. The zero-order valence-electron chi connectivity index (χ0n) is 21.3. The molecule has 2 amide bonds. The summed E-state index contributed by atoms with van der Waals surface area (Å²) < 4.78 is 35.2. The van der Waals surface area contributed by atoms with Gasteiger partial charge < -0.3 is 10.1 Å². The van der Waals surface area contributed by atoms with Crippen LogP contribution in [0.5, 0.6) is 0 Å². The van der Waals surface area contributed by atoms with E-state index in [0.29, 0.717) is 35.5 Å². The highest BCUT2D eigenvalue weighted by Gasteiger charge is 2.64. The van der Waals surface area contributed by atoms with Crippen LogP contribution < -0.4 is 10.6 Å². The first-order valence-electron chi connectivity index (χ1n) is 12.1. The van der Waals surface area contributed by atoms with Gasteiger partial charge in [-0.05, 0) is 44.4 Å². The average molecular weight is 576 g/mol. The molecule has 3 aromatic rings. The number of rotatable bonds is 8. The van der Waals surface area contributed by atoms with Crippen LogP contribution in [0.1, 0.15) is 37.9 Å². The Morgan fingerprint density at radius 3 is 2.64 bits per heavy atom. The van der Waals surface area contributed by atoms with E-state index in [9.17, 15) is 18.0 Å². The molecule has 2 aliphatic rings. The molecule has 3 aromatic heterocycles. The van der Waals surface area contributed by atoms with Crippen LogP contribution in [0, 0.1) is 11.8 Å². The lowest BCUT2D eigenvalue weighted by Gasteiger charge is -2.60. The smallest absolute Gasteiger partial charge is 0.413 e. The summed E-state index contributed by atoms with van der Waals surface area (Å²) >= 11 is 6.09. The standard InChI is InChI=1S/C24H26ClN7O6S/c1-13(15-5-4-10-26-20(15)25)37-23(34)29-21-19(30-31-32(21)2)18-7-6-14(12-27-18)28-22(33)16-11-24(9-8-17(16)24)38-39(3,35)36/h4-7,10,12-13,16-17H,8-9,11H2,1-3H3,(H,28,33)(H,29,34)/t13-,16?,17?,24?/m1/s1. The van der Waals surface area contributed by atoms with Crippen molar-refractivity contribution in [1.82, 2.24) is 25.0 Å². The van der Waals surface area contributed by atoms with Crippen molar-refractivity contribution in [3.05, 3.63) is 47.4 Å². The molecule has 3 unspecified atom stereocenters. The summed E-state index contributed by atoms with van der Waals surface area (Å²) in [5.41, 5.74) is 0.990. The van der Waals surface area contributed by atoms with Crippen molar-refractivity contribution in [3.8, 4) is 11.4 Å². The zero-order valence-corrected chi connectivity index (χ0v) is 22.9. The number of amides is 2. The molecule has 2 N–H and O–H groups in total. The van der Waals surface area contributed by atoms with Crippen LogP contribution in [0.4, 0.5) is 16.3 Å². The van der Waals surface area contributed by atoms with Gasteiger partial charge in [-0.15, -0.1) is 5.10 Å². The van der Waals surface area contributed by atoms with Crippen LogP contribution in [0.2, 0.25) is 5.15 Å². The number of aromatic nitrogens is 5. The molecule has 0 radical (unpaired) electrons. The number of ether oxygens (including phenoxy) is 1. The van der Waals surface area contributed by atoms with Crippen molar-refractivity contribution in [1.29, 1.82) is 0 Å². The molecule has 39 heavy (non-hydrogen) atoms. The predicted octanol–water partition coefficient (Wildman–Crippen LogP) is 3.32. The van der Waals surface area contributed by atoms with Gasteiger partial charge in [0, 0.05) is 30.6 Å². The molecule has 4 atom stereocenters. The van der Waals surface area contributed by atoms with Crippen molar-refractivity contribution < 1.29 is 26.9 Å². The Morgan fingerprint density at radius 1 is 1.23 bits per heavy atom. The van der Waals surface area contributed by atoms with Crippen LogP contribution in [-0.2, 0) is 30.9 Å². The Kier molecular flexibility index (Phi) is 7.03. The first-order chi connectivity index (χ1) is 18.5. The quantitative estimate of drug-likeness (QED) is 0.300. The maximum atomic E-state index is 12.8. The monoisotopic (exact) mass is 575 g/mol. The summed E-state index contributed by atoms with van der Waals surface area (Å²) in [5, 5.41) is 13.8. The number of carbonyl (C=O) groups excluding carboxylic acids is 2. The second kappa shape index (κ2) is 10.2. The highest BCUT2D eigenvalue weighted by Crippen LogP contribution is 2.60. The van der Waals surface area contributed by atoms with Crippen LogP contribution in [0.3, 0.4) is 0 Å². The number of fused-ring (bicyclic) bond motifs is 1. The third-order valence-electron chi connectivity index (χ3n) is 7.09. The summed E-state index contributed by atoms with van der Waals surface area (Å²) in [6.45, 7) is 1.67. The fraction of sp³-hybridized carbons (Fsp3) is 0.417. The van der Waals surface area contributed by atoms with E-state index in [2.05, 4.69) is 30.9 Å². The summed E-state index contributed by atoms with van der Waals surface area (Å²) in [5.74, 6) is -0.403. The van der Waals surface area contributed by atoms with Crippen LogP contribution in [0.15, 0.2) is 36.7 Å². The maximum Gasteiger partial charge on any atom is 0.413 e. The van der Waals surface area contributed by atoms with Gasteiger partial charge in [-0.3, -0.25) is 19.3 Å². The number of hydrogen-bond donors (Lipinski definition) is 2. The van der Waals surface area contributed by atoms with Gasteiger partial charge in [0.1, 0.15) is 11.3 Å². The number of aryl methyl sites for hydroxylation is 1. The number of nitrogens with zero attached hydrogens (tertiary/aromatic N) is 5. The van der Waals surface area contributed by atoms with E-state index in [4.69, 9.17) is 20.5 Å². The highest BCUT2D eigenvalue weighted by atomic mass is 35.5. The molecule has 5 rings (SSSR count). The van der Waals surface area contributed by atoms with E-state index in [-0.39, 0.29) is 28.7 Å². The first-order valence-corrected chi connectivity index (χ1v) is 14.3. The minimum atomic E-state index is -3.59. The van der Waals surface area contributed by atoms with Crippen molar-refractivity contribution in [2.24, 2.45) is 18.9 Å². The lowest BCUT2D eigenvalue weighted by atomic mass is 9.49. The molecule has 2 fully saturated rings. The number of nitrogens with one attached hydrogen (secondary N) is 2. The molecule has 0 aromatic carbocycles. The fourth-order valence-electron chi connectivity index (χ4n) is 5.09. The number of carbonyl (C=O) groups is 2. The van der Waals surface area contributed by atoms with Gasteiger partial charge in [0.15, 0.2) is 11.5 Å². The molecule has 0 saturated heterocycles. The number of pyridine rings is 2. The van der Waals surface area contributed by atoms with Crippen molar-refractivity contribution >= 4 is 45.2 Å². The minimum Gasteiger partial charge on any atom is -0.441 e. The Bertz CT molecular complexity index is 1530. The van der Waals surface area contributed by atoms with Gasteiger partial charge >= 0.3 is 6.09 Å². The molecule has 0 aliphatic heterocycles. The summed E-state index contributed by atoms with van der Waals surface area (Å²) in [7, 11) is -1.98.